The molecule has 0 spiro atoms. The van der Waals surface area contributed by atoms with Crippen molar-refractivity contribution in [2.75, 3.05) is 0 Å². The van der Waals surface area contributed by atoms with Crippen LogP contribution < -0.4 is 0 Å². The minimum Gasteiger partial charge on any atom is -0.258 e. The lowest BCUT2D eigenvalue weighted by Crippen LogP contribution is -1.99. The molecule has 0 aliphatic rings. The molecule has 0 fully saturated rings. The van der Waals surface area contributed by atoms with Gasteiger partial charge in [0, 0.05) is 6.07 Å². The SMILES string of the molecule is O=[N+]([O-])c1cc2scnc2c(-c2ccccc2)c1[N+](=O)[O-]. The van der Waals surface area contributed by atoms with Crippen molar-refractivity contribution < 1.29 is 9.85 Å². The second-order valence-electron chi connectivity index (χ2n) is 4.20. The van der Waals surface area contributed by atoms with Gasteiger partial charge in [-0.3, -0.25) is 20.2 Å². The number of fused-ring (bicyclic) bond motifs is 1. The van der Waals surface area contributed by atoms with Crippen LogP contribution in [0.5, 0.6) is 0 Å². The van der Waals surface area contributed by atoms with Gasteiger partial charge in [0.1, 0.15) is 0 Å². The molecule has 0 saturated heterocycles. The highest BCUT2D eigenvalue weighted by Gasteiger charge is 2.32. The fourth-order valence-corrected chi connectivity index (χ4v) is 2.90. The molecule has 0 saturated carbocycles. The zero-order chi connectivity index (χ0) is 15.0. The van der Waals surface area contributed by atoms with Crippen LogP contribution in [0.25, 0.3) is 21.3 Å². The molecule has 3 rings (SSSR count). The Kier molecular flexibility index (Phi) is 3.07. The molecular weight excluding hydrogens is 294 g/mol. The first kappa shape index (κ1) is 13.1. The van der Waals surface area contributed by atoms with E-state index in [1.54, 1.807) is 30.3 Å². The Morgan fingerprint density at radius 3 is 2.38 bits per heavy atom. The number of hydrogen-bond acceptors (Lipinski definition) is 6. The van der Waals surface area contributed by atoms with Gasteiger partial charge in [-0.2, -0.15) is 0 Å². The topological polar surface area (TPSA) is 99.2 Å². The second kappa shape index (κ2) is 4.91. The van der Waals surface area contributed by atoms with Gasteiger partial charge >= 0.3 is 11.4 Å². The van der Waals surface area contributed by atoms with Gasteiger partial charge in [-0.05, 0) is 5.56 Å². The maximum absolute atomic E-state index is 11.4. The molecule has 1 heterocycles. The van der Waals surface area contributed by atoms with Crippen LogP contribution >= 0.6 is 11.3 Å². The quantitative estimate of drug-likeness (QED) is 0.541. The fraction of sp³-hybridized carbons (Fsp3) is 0. The van der Waals surface area contributed by atoms with Gasteiger partial charge in [-0.25, -0.2) is 4.98 Å². The number of hydrogen-bond donors (Lipinski definition) is 0. The van der Waals surface area contributed by atoms with E-state index in [0.29, 0.717) is 15.8 Å². The summed E-state index contributed by atoms with van der Waals surface area (Å²) in [5.41, 5.74) is 1.60. The summed E-state index contributed by atoms with van der Waals surface area (Å²) in [4.78, 5) is 25.2. The van der Waals surface area contributed by atoms with Crippen molar-refractivity contribution in [1.29, 1.82) is 0 Å². The molecular formula is C13H7N3O4S. The second-order valence-corrected chi connectivity index (χ2v) is 5.08. The van der Waals surface area contributed by atoms with Crippen LogP contribution in [-0.2, 0) is 0 Å². The largest absolute Gasteiger partial charge is 0.356 e. The number of thiazole rings is 1. The van der Waals surface area contributed by atoms with Crippen LogP contribution in [0.1, 0.15) is 0 Å². The van der Waals surface area contributed by atoms with Crippen LogP contribution in [-0.4, -0.2) is 14.8 Å². The Morgan fingerprint density at radius 1 is 1.05 bits per heavy atom. The lowest BCUT2D eigenvalue weighted by atomic mass is 10.0. The third-order valence-electron chi connectivity index (χ3n) is 3.02. The summed E-state index contributed by atoms with van der Waals surface area (Å²) in [5.74, 6) is 0. The normalized spacial score (nSPS) is 10.7. The van der Waals surface area contributed by atoms with Crippen molar-refractivity contribution in [2.45, 2.75) is 0 Å². The Hall–Kier alpha value is -2.87. The highest BCUT2D eigenvalue weighted by Crippen LogP contribution is 2.43. The Labute approximate surface area is 121 Å². The van der Waals surface area contributed by atoms with Crippen LogP contribution in [0.3, 0.4) is 0 Å². The lowest BCUT2D eigenvalue weighted by Gasteiger charge is -2.05. The first-order valence-corrected chi connectivity index (χ1v) is 6.72. The van der Waals surface area contributed by atoms with E-state index in [1.807, 2.05) is 0 Å². The highest BCUT2D eigenvalue weighted by atomic mass is 32.1. The van der Waals surface area contributed by atoms with Crippen LogP contribution in [0, 0.1) is 20.2 Å². The molecule has 0 N–H and O–H groups in total. The number of aromatic nitrogens is 1. The summed E-state index contributed by atoms with van der Waals surface area (Å²) < 4.78 is 0.547. The number of nitrogens with zero attached hydrogens (tertiary/aromatic N) is 3. The average molecular weight is 301 g/mol. The van der Waals surface area contributed by atoms with E-state index >= 15 is 0 Å². The van der Waals surface area contributed by atoms with Gasteiger partial charge in [0.15, 0.2) is 0 Å². The van der Waals surface area contributed by atoms with Gasteiger partial charge in [0.05, 0.1) is 31.1 Å². The van der Waals surface area contributed by atoms with Crippen molar-refractivity contribution in [2.24, 2.45) is 0 Å². The minimum absolute atomic E-state index is 0.186. The maximum atomic E-state index is 11.4. The first-order valence-electron chi connectivity index (χ1n) is 5.84. The minimum atomic E-state index is -0.732. The van der Waals surface area contributed by atoms with Crippen molar-refractivity contribution in [3.63, 3.8) is 0 Å². The van der Waals surface area contributed by atoms with Gasteiger partial charge < -0.3 is 0 Å². The zero-order valence-corrected chi connectivity index (χ0v) is 11.2. The highest BCUT2D eigenvalue weighted by molar-refractivity contribution is 7.16. The molecule has 104 valence electrons. The molecule has 21 heavy (non-hydrogen) atoms. The predicted octanol–water partition coefficient (Wildman–Crippen LogP) is 3.78. The Bertz CT molecular complexity index is 860. The number of nitro benzene ring substituents is 2. The summed E-state index contributed by atoms with van der Waals surface area (Å²) >= 11 is 1.21. The van der Waals surface area contributed by atoms with E-state index in [4.69, 9.17) is 0 Å². The summed E-state index contributed by atoms with van der Waals surface area (Å²) in [7, 11) is 0. The van der Waals surface area contributed by atoms with Gasteiger partial charge in [-0.15, -0.1) is 11.3 Å². The van der Waals surface area contributed by atoms with Crippen LogP contribution in [0.15, 0.2) is 41.9 Å². The van der Waals surface area contributed by atoms with E-state index in [-0.39, 0.29) is 5.56 Å². The van der Waals surface area contributed by atoms with E-state index in [0.717, 1.165) is 0 Å². The predicted molar refractivity (Wildman–Crippen MR) is 78.4 cm³/mol. The van der Waals surface area contributed by atoms with E-state index in [9.17, 15) is 20.2 Å². The van der Waals surface area contributed by atoms with E-state index < -0.39 is 21.2 Å². The Balaban J connectivity index is 2.50. The van der Waals surface area contributed by atoms with Crippen molar-refractivity contribution in [1.82, 2.24) is 4.98 Å². The molecule has 2 aromatic carbocycles. The molecule has 0 radical (unpaired) electrons. The standard InChI is InChI=1S/C13H7N3O4S/c17-15(18)9-6-10-12(14-7-21-10)11(13(9)16(19)20)8-4-2-1-3-5-8/h1-7H. The van der Waals surface area contributed by atoms with Crippen molar-refractivity contribution in [3.8, 4) is 11.1 Å². The van der Waals surface area contributed by atoms with Gasteiger partial charge in [0.2, 0.25) is 0 Å². The molecule has 0 atom stereocenters. The van der Waals surface area contributed by atoms with E-state index in [2.05, 4.69) is 4.98 Å². The smallest absolute Gasteiger partial charge is 0.258 e. The molecule has 0 aliphatic heterocycles. The molecule has 0 aliphatic carbocycles. The lowest BCUT2D eigenvalue weighted by molar-refractivity contribution is -0.421. The fourth-order valence-electron chi connectivity index (χ4n) is 2.18. The van der Waals surface area contributed by atoms with Crippen molar-refractivity contribution in [3.05, 3.63) is 62.1 Å². The summed E-state index contributed by atoms with van der Waals surface area (Å²) in [6.45, 7) is 0. The van der Waals surface area contributed by atoms with Crippen molar-refractivity contribution >= 4 is 32.9 Å². The first-order chi connectivity index (χ1) is 10.1. The molecule has 0 amide bonds. The third kappa shape index (κ3) is 2.11. The molecule has 7 nitrogen and oxygen atoms in total. The maximum Gasteiger partial charge on any atom is 0.356 e. The van der Waals surface area contributed by atoms with E-state index in [1.165, 1.54) is 22.9 Å². The molecule has 0 bridgehead atoms. The van der Waals surface area contributed by atoms with Crippen LogP contribution in [0.2, 0.25) is 0 Å². The Morgan fingerprint density at radius 2 is 1.76 bits per heavy atom. The monoisotopic (exact) mass is 301 g/mol. The number of nitro groups is 2. The zero-order valence-electron chi connectivity index (χ0n) is 10.4. The molecule has 1 aromatic heterocycles. The number of rotatable bonds is 3. The van der Waals surface area contributed by atoms with Gasteiger partial charge in [-0.1, -0.05) is 30.3 Å². The van der Waals surface area contributed by atoms with Gasteiger partial charge in [0.25, 0.3) is 0 Å². The third-order valence-corrected chi connectivity index (χ3v) is 3.80. The average Bonchev–Trinajstić information content (AvgIpc) is 2.93. The summed E-state index contributed by atoms with van der Waals surface area (Å²) in [6, 6.07) is 9.75. The summed E-state index contributed by atoms with van der Waals surface area (Å²) in [5, 5.41) is 22.5. The van der Waals surface area contributed by atoms with Crippen LogP contribution in [0.4, 0.5) is 11.4 Å². The molecule has 3 aromatic rings. The number of benzene rings is 2. The molecule has 8 heteroatoms. The molecule has 0 unspecified atom stereocenters. The summed E-state index contributed by atoms with van der Waals surface area (Å²) in [6.07, 6.45) is 0.